The maximum Gasteiger partial charge on any atom is 0.361 e. The molecule has 0 spiro atoms. The molecule has 0 bridgehead atoms. The lowest BCUT2D eigenvalue weighted by atomic mass is 10.0. The third-order valence-corrected chi connectivity index (χ3v) is 4.57. The van der Waals surface area contributed by atoms with E-state index in [1.54, 1.807) is 24.3 Å². The molecule has 0 fully saturated rings. The molecule has 0 aliphatic rings. The van der Waals surface area contributed by atoms with Crippen molar-refractivity contribution in [1.29, 1.82) is 0 Å². The van der Waals surface area contributed by atoms with Crippen LogP contribution < -0.4 is 15.7 Å². The Morgan fingerprint density at radius 2 is 1.97 bits per heavy atom. The standard InChI is InChI=1S/C18H14BrClN4O5/c19-9-1-4-14(29-8-16(25)26)12(5-9)17(27)11-3-2-10(6-13(11)20)21-7-15-22-18(28)24-23-15/h1-6,21H,7-8H2,(H,25,26)(H2,22,23,24,28). The maximum absolute atomic E-state index is 13.0. The van der Waals surface area contributed by atoms with Gasteiger partial charge in [0.05, 0.1) is 17.1 Å². The molecule has 1 aromatic heterocycles. The number of hydrogen-bond acceptors (Lipinski definition) is 6. The predicted molar refractivity (Wildman–Crippen MR) is 109 cm³/mol. The second-order valence-corrected chi connectivity index (χ2v) is 7.14. The lowest BCUT2D eigenvalue weighted by molar-refractivity contribution is -0.139. The molecule has 29 heavy (non-hydrogen) atoms. The summed E-state index contributed by atoms with van der Waals surface area (Å²) in [6.07, 6.45) is 0. The zero-order chi connectivity index (χ0) is 21.0. The van der Waals surface area contributed by atoms with Crippen LogP contribution in [0.4, 0.5) is 5.69 Å². The van der Waals surface area contributed by atoms with E-state index in [0.29, 0.717) is 16.0 Å². The molecule has 0 unspecified atom stereocenters. The first-order chi connectivity index (χ1) is 13.8. The molecule has 11 heteroatoms. The number of benzene rings is 2. The van der Waals surface area contributed by atoms with E-state index in [1.165, 1.54) is 12.1 Å². The Kier molecular flexibility index (Phi) is 6.35. The van der Waals surface area contributed by atoms with E-state index < -0.39 is 24.0 Å². The Bertz CT molecular complexity index is 1130. The molecule has 4 N–H and O–H groups in total. The Morgan fingerprint density at radius 1 is 1.17 bits per heavy atom. The number of carbonyl (C=O) groups excluding carboxylic acids is 1. The summed E-state index contributed by atoms with van der Waals surface area (Å²) in [6, 6.07) is 9.45. The highest BCUT2D eigenvalue weighted by Crippen LogP contribution is 2.29. The van der Waals surface area contributed by atoms with Crippen LogP contribution in [-0.2, 0) is 11.3 Å². The van der Waals surface area contributed by atoms with E-state index >= 15 is 0 Å². The minimum absolute atomic E-state index is 0.140. The zero-order valence-electron chi connectivity index (χ0n) is 14.7. The fourth-order valence-electron chi connectivity index (χ4n) is 2.47. The van der Waals surface area contributed by atoms with E-state index in [9.17, 15) is 14.4 Å². The summed E-state index contributed by atoms with van der Waals surface area (Å²) in [7, 11) is 0. The lowest BCUT2D eigenvalue weighted by Crippen LogP contribution is -2.13. The Balaban J connectivity index is 1.81. The van der Waals surface area contributed by atoms with Gasteiger partial charge in [0.25, 0.3) is 0 Å². The van der Waals surface area contributed by atoms with Gasteiger partial charge in [-0.1, -0.05) is 27.5 Å². The first-order valence-electron chi connectivity index (χ1n) is 8.19. The number of carboxylic acids is 1. The number of aromatic nitrogens is 3. The topological polar surface area (TPSA) is 137 Å². The van der Waals surface area contributed by atoms with E-state index in [1.807, 2.05) is 0 Å². The van der Waals surface area contributed by atoms with Crippen LogP contribution in [0.25, 0.3) is 0 Å². The number of H-pyrrole nitrogens is 2. The third-order valence-electron chi connectivity index (χ3n) is 3.76. The van der Waals surface area contributed by atoms with Crippen molar-refractivity contribution in [3.05, 3.63) is 73.3 Å². The summed E-state index contributed by atoms with van der Waals surface area (Å²) >= 11 is 9.58. The summed E-state index contributed by atoms with van der Waals surface area (Å²) in [4.78, 5) is 38.5. The molecule has 0 aliphatic heterocycles. The van der Waals surface area contributed by atoms with E-state index in [0.717, 1.165) is 0 Å². The van der Waals surface area contributed by atoms with Crippen LogP contribution in [0.5, 0.6) is 5.75 Å². The number of aliphatic carboxylic acids is 1. The summed E-state index contributed by atoms with van der Waals surface area (Å²) in [5, 5.41) is 17.0. The molecular formula is C18H14BrClN4O5. The Hall–Kier alpha value is -3.11. The van der Waals surface area contributed by atoms with Gasteiger partial charge in [-0.15, -0.1) is 0 Å². The molecule has 0 saturated heterocycles. The van der Waals surface area contributed by atoms with Gasteiger partial charge in [-0.3, -0.25) is 9.89 Å². The smallest absolute Gasteiger partial charge is 0.361 e. The minimum atomic E-state index is -1.15. The molecule has 0 amide bonds. The number of hydrogen-bond donors (Lipinski definition) is 4. The number of nitrogens with one attached hydrogen (secondary N) is 3. The number of anilines is 1. The molecular weight excluding hydrogens is 468 g/mol. The second kappa shape index (κ2) is 8.93. The van der Waals surface area contributed by atoms with Crippen LogP contribution in [0.2, 0.25) is 5.02 Å². The minimum Gasteiger partial charge on any atom is -0.481 e. The maximum atomic E-state index is 13.0. The quantitative estimate of drug-likeness (QED) is 0.363. The molecule has 0 atom stereocenters. The van der Waals surface area contributed by atoms with Crippen molar-refractivity contribution < 1.29 is 19.4 Å². The average molecular weight is 482 g/mol. The van der Waals surface area contributed by atoms with Crippen molar-refractivity contribution >= 4 is 45.0 Å². The third kappa shape index (κ3) is 5.24. The van der Waals surface area contributed by atoms with Gasteiger partial charge < -0.3 is 15.2 Å². The summed E-state index contributed by atoms with van der Waals surface area (Å²) in [5.74, 6) is -1.01. The van der Waals surface area contributed by atoms with Gasteiger partial charge in [-0.05, 0) is 36.4 Å². The van der Waals surface area contributed by atoms with Crippen molar-refractivity contribution in [2.45, 2.75) is 6.54 Å². The van der Waals surface area contributed by atoms with Gasteiger partial charge in [-0.25, -0.2) is 14.7 Å². The number of carbonyl (C=O) groups is 2. The SMILES string of the molecule is O=C(O)COc1ccc(Br)cc1C(=O)c1ccc(NCc2nc(=O)[nH][nH]2)cc1Cl. The number of ether oxygens (including phenoxy) is 1. The highest BCUT2D eigenvalue weighted by Gasteiger charge is 2.19. The number of rotatable bonds is 8. The van der Waals surface area contributed by atoms with Crippen molar-refractivity contribution in [1.82, 2.24) is 15.2 Å². The largest absolute Gasteiger partial charge is 0.481 e. The van der Waals surface area contributed by atoms with Crippen LogP contribution in [0.15, 0.2) is 45.7 Å². The summed E-state index contributed by atoms with van der Waals surface area (Å²) < 4.78 is 5.84. The van der Waals surface area contributed by atoms with Crippen LogP contribution in [0.1, 0.15) is 21.7 Å². The van der Waals surface area contributed by atoms with Crippen molar-refractivity contribution in [2.24, 2.45) is 0 Å². The molecule has 2 aromatic carbocycles. The number of ketones is 1. The molecule has 9 nitrogen and oxygen atoms in total. The van der Waals surface area contributed by atoms with Crippen LogP contribution in [-0.4, -0.2) is 38.6 Å². The second-order valence-electron chi connectivity index (χ2n) is 5.81. The van der Waals surface area contributed by atoms with E-state index in [2.05, 4.69) is 36.4 Å². The summed E-state index contributed by atoms with van der Waals surface area (Å²) in [6.45, 7) is -0.324. The average Bonchev–Trinajstić information content (AvgIpc) is 3.10. The molecule has 3 rings (SSSR count). The van der Waals surface area contributed by atoms with Gasteiger partial charge in [0.1, 0.15) is 11.6 Å². The molecule has 1 heterocycles. The molecule has 0 radical (unpaired) electrons. The van der Waals surface area contributed by atoms with Gasteiger partial charge >= 0.3 is 11.7 Å². The molecule has 3 aromatic rings. The highest BCUT2D eigenvalue weighted by molar-refractivity contribution is 9.10. The monoisotopic (exact) mass is 480 g/mol. The Morgan fingerprint density at radius 3 is 2.62 bits per heavy atom. The van der Waals surface area contributed by atoms with Crippen LogP contribution >= 0.6 is 27.5 Å². The number of nitrogens with zero attached hydrogens (tertiary/aromatic N) is 1. The first-order valence-corrected chi connectivity index (χ1v) is 9.36. The van der Waals surface area contributed by atoms with Crippen molar-refractivity contribution in [2.75, 3.05) is 11.9 Å². The number of aromatic amines is 2. The van der Waals surface area contributed by atoms with Gasteiger partial charge in [-0.2, -0.15) is 4.98 Å². The molecule has 0 saturated carbocycles. The van der Waals surface area contributed by atoms with Gasteiger partial charge in [0, 0.05) is 15.7 Å². The van der Waals surface area contributed by atoms with Gasteiger partial charge in [0.15, 0.2) is 12.4 Å². The molecule has 0 aliphatic carbocycles. The fourth-order valence-corrected chi connectivity index (χ4v) is 3.10. The lowest BCUT2D eigenvalue weighted by Gasteiger charge is -2.12. The van der Waals surface area contributed by atoms with Gasteiger partial charge in [0.2, 0.25) is 0 Å². The number of carboxylic acid groups (broad SMARTS) is 1. The van der Waals surface area contributed by atoms with E-state index in [4.69, 9.17) is 21.4 Å². The van der Waals surface area contributed by atoms with Crippen molar-refractivity contribution in [3.8, 4) is 5.75 Å². The predicted octanol–water partition coefficient (Wildman–Crippen LogP) is 2.82. The van der Waals surface area contributed by atoms with E-state index in [-0.39, 0.29) is 28.4 Å². The normalized spacial score (nSPS) is 10.6. The van der Waals surface area contributed by atoms with Crippen LogP contribution in [0.3, 0.4) is 0 Å². The fraction of sp³-hybridized carbons (Fsp3) is 0.111. The summed E-state index contributed by atoms with van der Waals surface area (Å²) in [5.41, 5.74) is 0.545. The first kappa shape index (κ1) is 20.6. The van der Waals surface area contributed by atoms with Crippen LogP contribution in [0, 0.1) is 0 Å². The van der Waals surface area contributed by atoms with Crippen molar-refractivity contribution in [3.63, 3.8) is 0 Å². The zero-order valence-corrected chi connectivity index (χ0v) is 17.0. The highest BCUT2D eigenvalue weighted by atomic mass is 79.9. The molecule has 150 valence electrons. The Labute approximate surface area is 177 Å². The number of halogens is 2.